The van der Waals surface area contributed by atoms with Crippen LogP contribution >= 0.6 is 0 Å². The van der Waals surface area contributed by atoms with Crippen molar-refractivity contribution in [1.29, 1.82) is 0 Å². The van der Waals surface area contributed by atoms with Crippen molar-refractivity contribution >= 4 is 16.9 Å². The minimum Gasteiger partial charge on any atom is -0.480 e. The Kier molecular flexibility index (Phi) is 3.14. The van der Waals surface area contributed by atoms with Gasteiger partial charge in [-0.1, -0.05) is 20.8 Å². The number of carboxylic acids is 1. The second-order valence-electron chi connectivity index (χ2n) is 5.52. The maximum Gasteiger partial charge on any atom is 0.323 e. The molecule has 2 aromatic heterocycles. The van der Waals surface area contributed by atoms with Gasteiger partial charge in [-0.05, 0) is 18.2 Å². The Morgan fingerprint density at radius 1 is 1.32 bits per heavy atom. The maximum atomic E-state index is 12.1. The molecular formula is C14H16N2O3. The van der Waals surface area contributed by atoms with Crippen LogP contribution in [-0.4, -0.2) is 20.6 Å². The second kappa shape index (κ2) is 4.50. The third kappa shape index (κ3) is 2.65. The number of aromatic nitrogens is 2. The third-order valence-electron chi connectivity index (χ3n) is 2.90. The molecule has 0 amide bonds. The quantitative estimate of drug-likeness (QED) is 0.893. The Hall–Kier alpha value is -2.17. The number of pyridine rings is 2. The Bertz CT molecular complexity index is 696. The van der Waals surface area contributed by atoms with Crippen LogP contribution in [0.4, 0.5) is 0 Å². The van der Waals surface area contributed by atoms with Gasteiger partial charge in [0.1, 0.15) is 6.54 Å². The molecule has 0 aromatic carbocycles. The first-order chi connectivity index (χ1) is 8.79. The second-order valence-corrected chi connectivity index (χ2v) is 5.52. The zero-order valence-electron chi connectivity index (χ0n) is 11.2. The molecule has 0 spiro atoms. The molecule has 0 radical (unpaired) electrons. The van der Waals surface area contributed by atoms with Crippen LogP contribution in [0.3, 0.4) is 0 Å². The van der Waals surface area contributed by atoms with Gasteiger partial charge in [-0.25, -0.2) is 0 Å². The lowest BCUT2D eigenvalue weighted by molar-refractivity contribution is -0.137. The molecule has 5 nitrogen and oxygen atoms in total. The standard InChI is InChI=1S/C14H16N2O3/c1-14(2,3)11-5-4-9-10(15-11)6-7-16(13(9)19)8-12(17)18/h4-7H,8H2,1-3H3,(H,17,18). The van der Waals surface area contributed by atoms with E-state index in [4.69, 9.17) is 5.11 Å². The van der Waals surface area contributed by atoms with E-state index in [2.05, 4.69) is 4.98 Å². The fourth-order valence-corrected chi connectivity index (χ4v) is 1.85. The summed E-state index contributed by atoms with van der Waals surface area (Å²) in [5.74, 6) is -1.04. The van der Waals surface area contributed by atoms with Crippen LogP contribution in [-0.2, 0) is 16.8 Å². The van der Waals surface area contributed by atoms with Crippen molar-refractivity contribution in [2.45, 2.75) is 32.7 Å². The van der Waals surface area contributed by atoms with Crippen molar-refractivity contribution in [1.82, 2.24) is 9.55 Å². The van der Waals surface area contributed by atoms with E-state index in [-0.39, 0.29) is 17.5 Å². The minimum atomic E-state index is -1.04. The van der Waals surface area contributed by atoms with E-state index in [0.717, 1.165) is 5.69 Å². The third-order valence-corrected chi connectivity index (χ3v) is 2.90. The molecular weight excluding hydrogens is 244 g/mol. The molecule has 0 bridgehead atoms. The van der Waals surface area contributed by atoms with Crippen LogP contribution in [0.25, 0.3) is 10.9 Å². The predicted molar refractivity (Wildman–Crippen MR) is 72.3 cm³/mol. The maximum absolute atomic E-state index is 12.1. The number of fused-ring (bicyclic) bond motifs is 1. The van der Waals surface area contributed by atoms with Gasteiger partial charge in [-0.3, -0.25) is 14.6 Å². The van der Waals surface area contributed by atoms with E-state index in [9.17, 15) is 9.59 Å². The Morgan fingerprint density at radius 3 is 2.58 bits per heavy atom. The Morgan fingerprint density at radius 2 is 2.00 bits per heavy atom. The summed E-state index contributed by atoms with van der Waals surface area (Å²) in [5, 5.41) is 9.18. The first-order valence-electron chi connectivity index (χ1n) is 6.01. The highest BCUT2D eigenvalue weighted by atomic mass is 16.4. The van der Waals surface area contributed by atoms with Gasteiger partial charge >= 0.3 is 5.97 Å². The van der Waals surface area contributed by atoms with Crippen molar-refractivity contribution in [3.8, 4) is 0 Å². The Balaban J connectivity index is 2.60. The highest BCUT2D eigenvalue weighted by Crippen LogP contribution is 2.21. The lowest BCUT2D eigenvalue weighted by Gasteiger charge is -2.18. The molecule has 1 N–H and O–H groups in total. The zero-order valence-corrected chi connectivity index (χ0v) is 11.2. The lowest BCUT2D eigenvalue weighted by Crippen LogP contribution is -2.24. The molecule has 2 heterocycles. The molecule has 19 heavy (non-hydrogen) atoms. The number of aliphatic carboxylic acids is 1. The van der Waals surface area contributed by atoms with E-state index in [1.807, 2.05) is 26.8 Å². The normalized spacial score (nSPS) is 11.7. The summed E-state index contributed by atoms with van der Waals surface area (Å²) in [6, 6.07) is 5.20. The molecule has 2 aromatic rings. The molecule has 100 valence electrons. The first kappa shape index (κ1) is 13.3. The molecule has 0 fully saturated rings. The number of hydrogen-bond donors (Lipinski definition) is 1. The smallest absolute Gasteiger partial charge is 0.323 e. The van der Waals surface area contributed by atoms with Gasteiger partial charge in [-0.2, -0.15) is 0 Å². The molecule has 0 aliphatic rings. The van der Waals surface area contributed by atoms with Gasteiger partial charge in [0.2, 0.25) is 0 Å². The first-order valence-corrected chi connectivity index (χ1v) is 6.01. The molecule has 0 unspecified atom stereocenters. The molecule has 0 aliphatic heterocycles. The monoisotopic (exact) mass is 260 g/mol. The Labute approximate surface area is 110 Å². The van der Waals surface area contributed by atoms with Crippen molar-refractivity contribution in [3.05, 3.63) is 40.4 Å². The fraction of sp³-hybridized carbons (Fsp3) is 0.357. The van der Waals surface area contributed by atoms with Gasteiger partial charge in [0.05, 0.1) is 10.9 Å². The van der Waals surface area contributed by atoms with E-state index in [1.54, 1.807) is 12.1 Å². The zero-order chi connectivity index (χ0) is 14.2. The molecule has 0 atom stereocenters. The van der Waals surface area contributed by atoms with Gasteiger partial charge < -0.3 is 9.67 Å². The molecule has 5 heteroatoms. The highest BCUT2D eigenvalue weighted by Gasteiger charge is 2.16. The van der Waals surface area contributed by atoms with Crippen LogP contribution in [0.15, 0.2) is 29.2 Å². The summed E-state index contributed by atoms with van der Waals surface area (Å²) in [4.78, 5) is 27.2. The van der Waals surface area contributed by atoms with Crippen LogP contribution in [0.2, 0.25) is 0 Å². The SMILES string of the molecule is CC(C)(C)c1ccc2c(=O)n(CC(=O)O)ccc2n1. The van der Waals surface area contributed by atoms with E-state index < -0.39 is 5.97 Å². The lowest BCUT2D eigenvalue weighted by atomic mass is 9.91. The van der Waals surface area contributed by atoms with E-state index in [0.29, 0.717) is 10.9 Å². The summed E-state index contributed by atoms with van der Waals surface area (Å²) in [6.45, 7) is 5.81. The van der Waals surface area contributed by atoms with Gasteiger partial charge in [0.25, 0.3) is 5.56 Å². The molecule has 0 saturated carbocycles. The fourth-order valence-electron chi connectivity index (χ4n) is 1.85. The van der Waals surface area contributed by atoms with Crippen LogP contribution < -0.4 is 5.56 Å². The summed E-state index contributed by atoms with van der Waals surface area (Å²) in [7, 11) is 0. The average molecular weight is 260 g/mol. The number of nitrogens with zero attached hydrogens (tertiary/aromatic N) is 2. The van der Waals surface area contributed by atoms with E-state index in [1.165, 1.54) is 10.8 Å². The van der Waals surface area contributed by atoms with Crippen molar-refractivity contribution < 1.29 is 9.90 Å². The van der Waals surface area contributed by atoms with Crippen molar-refractivity contribution in [3.63, 3.8) is 0 Å². The van der Waals surface area contributed by atoms with Gasteiger partial charge in [0.15, 0.2) is 0 Å². The number of rotatable bonds is 2. The summed E-state index contributed by atoms with van der Waals surface area (Å²) in [5.41, 5.74) is 1.08. The van der Waals surface area contributed by atoms with Crippen LogP contribution in [0.5, 0.6) is 0 Å². The van der Waals surface area contributed by atoms with Gasteiger partial charge in [-0.15, -0.1) is 0 Å². The molecule has 0 aliphatic carbocycles. The molecule has 0 saturated heterocycles. The number of carbonyl (C=O) groups is 1. The summed E-state index contributed by atoms with van der Waals surface area (Å²) in [6.07, 6.45) is 1.47. The summed E-state index contributed by atoms with van der Waals surface area (Å²) < 4.78 is 1.17. The predicted octanol–water partition coefficient (Wildman–Crippen LogP) is 1.78. The topological polar surface area (TPSA) is 72.2 Å². The van der Waals surface area contributed by atoms with Crippen LogP contribution in [0, 0.1) is 0 Å². The minimum absolute atomic E-state index is 0.0931. The average Bonchev–Trinajstić information content (AvgIpc) is 2.31. The van der Waals surface area contributed by atoms with Crippen molar-refractivity contribution in [2.75, 3.05) is 0 Å². The van der Waals surface area contributed by atoms with Crippen LogP contribution in [0.1, 0.15) is 26.5 Å². The molecule has 2 rings (SSSR count). The highest BCUT2D eigenvalue weighted by molar-refractivity contribution is 5.78. The number of hydrogen-bond acceptors (Lipinski definition) is 3. The largest absolute Gasteiger partial charge is 0.480 e. The summed E-state index contributed by atoms with van der Waals surface area (Å²) >= 11 is 0. The number of carboxylic acid groups (broad SMARTS) is 1. The van der Waals surface area contributed by atoms with Crippen molar-refractivity contribution in [2.24, 2.45) is 0 Å². The van der Waals surface area contributed by atoms with E-state index >= 15 is 0 Å². The van der Waals surface area contributed by atoms with Gasteiger partial charge in [0, 0.05) is 17.3 Å².